The van der Waals surface area contributed by atoms with Gasteiger partial charge in [-0.2, -0.15) is 0 Å². The smallest absolute Gasteiger partial charge is 0.305 e. The number of carboxylic acid groups (broad SMARTS) is 1. The van der Waals surface area contributed by atoms with Crippen LogP contribution in [0.4, 0.5) is 0 Å². The quantitative estimate of drug-likeness (QED) is 0.909. The van der Waals surface area contributed by atoms with E-state index >= 15 is 0 Å². The second-order valence-corrected chi connectivity index (χ2v) is 5.59. The molecular formula is C13H17NO3S. The van der Waals surface area contributed by atoms with Gasteiger partial charge in [0.05, 0.1) is 12.0 Å². The molecule has 18 heavy (non-hydrogen) atoms. The number of rotatable bonds is 4. The van der Waals surface area contributed by atoms with E-state index < -0.39 is 5.97 Å². The standard InChI is InChI=1S/C13H17NO3S/c1-14(7-6-12(15)16)13(17)10-8-18-11-5-3-2-4-9(10)11/h8H,2-7H2,1H3,(H,15,16). The Morgan fingerprint density at radius 2 is 2.11 bits per heavy atom. The zero-order valence-corrected chi connectivity index (χ0v) is 11.3. The number of aliphatic carboxylic acids is 1. The number of carbonyl (C=O) groups is 2. The van der Waals surface area contributed by atoms with Crippen molar-refractivity contribution in [3.8, 4) is 0 Å². The highest BCUT2D eigenvalue weighted by Gasteiger charge is 2.22. The highest BCUT2D eigenvalue weighted by Crippen LogP contribution is 2.30. The lowest BCUT2D eigenvalue weighted by molar-refractivity contribution is -0.137. The summed E-state index contributed by atoms with van der Waals surface area (Å²) >= 11 is 1.66. The fourth-order valence-corrected chi connectivity index (χ4v) is 3.36. The molecule has 0 unspecified atom stereocenters. The molecule has 0 spiro atoms. The van der Waals surface area contributed by atoms with Crippen molar-refractivity contribution in [1.82, 2.24) is 4.90 Å². The normalized spacial score (nSPS) is 14.1. The van der Waals surface area contributed by atoms with Gasteiger partial charge in [0, 0.05) is 23.8 Å². The van der Waals surface area contributed by atoms with E-state index in [4.69, 9.17) is 5.11 Å². The largest absolute Gasteiger partial charge is 0.481 e. The molecule has 0 saturated heterocycles. The summed E-state index contributed by atoms with van der Waals surface area (Å²) < 4.78 is 0. The molecule has 1 amide bonds. The zero-order chi connectivity index (χ0) is 13.1. The zero-order valence-electron chi connectivity index (χ0n) is 10.4. The minimum Gasteiger partial charge on any atom is -0.481 e. The third kappa shape index (κ3) is 2.72. The number of amides is 1. The van der Waals surface area contributed by atoms with Crippen LogP contribution in [0, 0.1) is 0 Å². The summed E-state index contributed by atoms with van der Waals surface area (Å²) in [6.45, 7) is 0.263. The second-order valence-electron chi connectivity index (χ2n) is 4.63. The van der Waals surface area contributed by atoms with Crippen molar-refractivity contribution >= 4 is 23.2 Å². The Kier molecular flexibility index (Phi) is 4.01. The first-order valence-corrected chi connectivity index (χ1v) is 7.04. The number of carbonyl (C=O) groups excluding carboxylic acids is 1. The summed E-state index contributed by atoms with van der Waals surface area (Å²) in [6, 6.07) is 0. The van der Waals surface area contributed by atoms with Crippen molar-refractivity contribution in [3.05, 3.63) is 21.4 Å². The van der Waals surface area contributed by atoms with Crippen molar-refractivity contribution < 1.29 is 14.7 Å². The Morgan fingerprint density at radius 3 is 2.83 bits per heavy atom. The maximum Gasteiger partial charge on any atom is 0.305 e. The molecule has 5 heteroatoms. The Morgan fingerprint density at radius 1 is 1.39 bits per heavy atom. The minimum absolute atomic E-state index is 0.00539. The summed E-state index contributed by atoms with van der Waals surface area (Å²) in [4.78, 5) is 25.6. The topological polar surface area (TPSA) is 57.6 Å². The molecule has 1 heterocycles. The van der Waals surface area contributed by atoms with Crippen molar-refractivity contribution in [2.75, 3.05) is 13.6 Å². The lowest BCUT2D eigenvalue weighted by Gasteiger charge is -2.18. The van der Waals surface area contributed by atoms with Crippen LogP contribution in [0.25, 0.3) is 0 Å². The number of hydrogen-bond donors (Lipinski definition) is 1. The second kappa shape index (κ2) is 5.52. The first-order valence-electron chi connectivity index (χ1n) is 6.16. The van der Waals surface area contributed by atoms with E-state index in [-0.39, 0.29) is 18.9 Å². The summed E-state index contributed by atoms with van der Waals surface area (Å²) in [6.07, 6.45) is 4.40. The first-order chi connectivity index (χ1) is 8.59. The number of carboxylic acids is 1. The van der Waals surface area contributed by atoms with E-state index in [9.17, 15) is 9.59 Å². The lowest BCUT2D eigenvalue weighted by Crippen LogP contribution is -2.29. The van der Waals surface area contributed by atoms with Crippen LogP contribution in [0.2, 0.25) is 0 Å². The molecule has 1 N–H and O–H groups in total. The van der Waals surface area contributed by atoms with Gasteiger partial charge in [-0.05, 0) is 31.2 Å². The van der Waals surface area contributed by atoms with Crippen molar-refractivity contribution in [2.24, 2.45) is 0 Å². The maximum atomic E-state index is 12.2. The van der Waals surface area contributed by atoms with Gasteiger partial charge in [-0.25, -0.2) is 0 Å². The number of fused-ring (bicyclic) bond motifs is 1. The van der Waals surface area contributed by atoms with Crippen molar-refractivity contribution in [3.63, 3.8) is 0 Å². The molecular weight excluding hydrogens is 250 g/mol. The summed E-state index contributed by atoms with van der Waals surface area (Å²) in [5.41, 5.74) is 1.97. The van der Waals surface area contributed by atoms with E-state index in [0.29, 0.717) is 0 Å². The number of aryl methyl sites for hydroxylation is 1. The van der Waals surface area contributed by atoms with Gasteiger partial charge in [0.25, 0.3) is 5.91 Å². The maximum absolute atomic E-state index is 12.2. The molecule has 0 fully saturated rings. The monoisotopic (exact) mass is 267 g/mol. The molecule has 0 bridgehead atoms. The van der Waals surface area contributed by atoms with Gasteiger partial charge in [0.15, 0.2) is 0 Å². The van der Waals surface area contributed by atoms with Gasteiger partial charge in [0.2, 0.25) is 0 Å². The van der Waals surface area contributed by atoms with Gasteiger partial charge in [-0.3, -0.25) is 9.59 Å². The van der Waals surface area contributed by atoms with Crippen LogP contribution in [0.1, 0.15) is 40.1 Å². The predicted octanol–water partition coefficient (Wildman–Crippen LogP) is 2.17. The van der Waals surface area contributed by atoms with Crippen LogP contribution in [0.15, 0.2) is 5.38 Å². The first kappa shape index (κ1) is 13.1. The molecule has 0 aromatic carbocycles. The molecule has 4 nitrogen and oxygen atoms in total. The Labute approximate surface area is 110 Å². The molecule has 0 radical (unpaired) electrons. The molecule has 0 aliphatic heterocycles. The minimum atomic E-state index is -0.873. The van der Waals surface area contributed by atoms with Gasteiger partial charge in [-0.15, -0.1) is 11.3 Å². The lowest BCUT2D eigenvalue weighted by atomic mass is 9.95. The highest BCUT2D eigenvalue weighted by molar-refractivity contribution is 7.10. The van der Waals surface area contributed by atoms with Gasteiger partial charge < -0.3 is 10.0 Å². The summed E-state index contributed by atoms with van der Waals surface area (Å²) in [5, 5.41) is 10.6. The summed E-state index contributed by atoms with van der Waals surface area (Å²) in [7, 11) is 1.66. The summed E-state index contributed by atoms with van der Waals surface area (Å²) in [5.74, 6) is -0.919. The van der Waals surface area contributed by atoms with Crippen LogP contribution >= 0.6 is 11.3 Å². The predicted molar refractivity (Wildman–Crippen MR) is 70.2 cm³/mol. The van der Waals surface area contributed by atoms with Crippen LogP contribution in [0.3, 0.4) is 0 Å². The molecule has 1 aromatic rings. The Balaban J connectivity index is 2.08. The van der Waals surface area contributed by atoms with E-state index in [1.165, 1.54) is 21.8 Å². The van der Waals surface area contributed by atoms with E-state index in [0.717, 1.165) is 24.8 Å². The Hall–Kier alpha value is -1.36. The van der Waals surface area contributed by atoms with E-state index in [1.54, 1.807) is 18.4 Å². The van der Waals surface area contributed by atoms with Crippen LogP contribution in [-0.2, 0) is 17.6 Å². The SMILES string of the molecule is CN(CCC(=O)O)C(=O)c1csc2c1CCCC2. The number of hydrogen-bond acceptors (Lipinski definition) is 3. The van der Waals surface area contributed by atoms with Crippen molar-refractivity contribution in [1.29, 1.82) is 0 Å². The van der Waals surface area contributed by atoms with Gasteiger partial charge in [-0.1, -0.05) is 0 Å². The van der Waals surface area contributed by atoms with Crippen LogP contribution in [0.5, 0.6) is 0 Å². The van der Waals surface area contributed by atoms with Gasteiger partial charge >= 0.3 is 5.97 Å². The fraction of sp³-hybridized carbons (Fsp3) is 0.538. The van der Waals surface area contributed by atoms with E-state index in [2.05, 4.69) is 0 Å². The molecule has 1 aromatic heterocycles. The fourth-order valence-electron chi connectivity index (χ4n) is 2.24. The molecule has 98 valence electrons. The number of thiophene rings is 1. The van der Waals surface area contributed by atoms with Crippen LogP contribution < -0.4 is 0 Å². The third-order valence-electron chi connectivity index (χ3n) is 3.30. The highest BCUT2D eigenvalue weighted by atomic mass is 32.1. The molecule has 2 rings (SSSR count). The molecule has 0 saturated carbocycles. The average molecular weight is 267 g/mol. The Bertz CT molecular complexity index is 467. The molecule has 1 aliphatic rings. The number of nitrogens with zero attached hydrogens (tertiary/aromatic N) is 1. The van der Waals surface area contributed by atoms with Crippen LogP contribution in [-0.4, -0.2) is 35.5 Å². The average Bonchev–Trinajstić information content (AvgIpc) is 2.78. The van der Waals surface area contributed by atoms with Crippen molar-refractivity contribution in [2.45, 2.75) is 32.1 Å². The molecule has 0 atom stereocenters. The van der Waals surface area contributed by atoms with E-state index in [1.807, 2.05) is 5.38 Å². The van der Waals surface area contributed by atoms with Gasteiger partial charge in [0.1, 0.15) is 0 Å². The third-order valence-corrected chi connectivity index (χ3v) is 4.39. The molecule has 1 aliphatic carbocycles.